The molecule has 0 N–H and O–H groups in total. The van der Waals surface area contributed by atoms with E-state index in [1.807, 2.05) is 12.3 Å². The van der Waals surface area contributed by atoms with Gasteiger partial charge in [0.15, 0.2) is 5.65 Å². The lowest BCUT2D eigenvalue weighted by atomic mass is 10.1. The van der Waals surface area contributed by atoms with Gasteiger partial charge in [-0.15, -0.1) is 10.2 Å². The van der Waals surface area contributed by atoms with Crippen LogP contribution in [0, 0.1) is 5.82 Å². The minimum atomic E-state index is -0.272. The van der Waals surface area contributed by atoms with E-state index in [0.29, 0.717) is 4.47 Å². The van der Waals surface area contributed by atoms with Crippen LogP contribution in [0.4, 0.5) is 4.39 Å². The first-order valence-electron chi connectivity index (χ1n) is 4.33. The van der Waals surface area contributed by atoms with Gasteiger partial charge in [-0.25, -0.2) is 4.39 Å². The normalized spacial score (nSPS) is 11.3. The second kappa shape index (κ2) is 3.00. The molecular weight excluding hydrogens is 261 g/mol. The van der Waals surface area contributed by atoms with Crippen molar-refractivity contribution in [3.05, 3.63) is 41.0 Å². The Morgan fingerprint density at radius 3 is 2.93 bits per heavy atom. The summed E-state index contributed by atoms with van der Waals surface area (Å²) in [5.74, 6) is -0.272. The molecule has 0 aliphatic carbocycles. The van der Waals surface area contributed by atoms with E-state index < -0.39 is 0 Å². The van der Waals surface area contributed by atoms with Crippen LogP contribution in [0.25, 0.3) is 16.4 Å². The third-order valence-electron chi connectivity index (χ3n) is 2.35. The fourth-order valence-corrected chi connectivity index (χ4v) is 2.10. The molecular formula is C10H5BrFN3. The van der Waals surface area contributed by atoms with Gasteiger partial charge in [0.2, 0.25) is 0 Å². The zero-order chi connectivity index (χ0) is 10.4. The highest BCUT2D eigenvalue weighted by atomic mass is 79.9. The van der Waals surface area contributed by atoms with Gasteiger partial charge < -0.3 is 0 Å². The van der Waals surface area contributed by atoms with Gasteiger partial charge in [0, 0.05) is 17.0 Å². The number of fused-ring (bicyclic) bond motifs is 3. The first kappa shape index (κ1) is 8.79. The lowest BCUT2D eigenvalue weighted by Gasteiger charge is -2.02. The molecule has 0 spiro atoms. The SMILES string of the molecule is Fc1ccc2c(ccn3cnnc23)c1Br. The smallest absolute Gasteiger partial charge is 0.168 e. The summed E-state index contributed by atoms with van der Waals surface area (Å²) in [7, 11) is 0. The second-order valence-corrected chi connectivity index (χ2v) is 3.99. The van der Waals surface area contributed by atoms with Crippen molar-refractivity contribution in [2.24, 2.45) is 0 Å². The van der Waals surface area contributed by atoms with E-state index in [1.54, 1.807) is 16.8 Å². The highest BCUT2D eigenvalue weighted by Crippen LogP contribution is 2.28. The van der Waals surface area contributed by atoms with Crippen LogP contribution < -0.4 is 0 Å². The van der Waals surface area contributed by atoms with Crippen molar-refractivity contribution in [1.82, 2.24) is 14.6 Å². The van der Waals surface area contributed by atoms with Crippen molar-refractivity contribution in [3.8, 4) is 0 Å². The Morgan fingerprint density at radius 2 is 2.07 bits per heavy atom. The van der Waals surface area contributed by atoms with Gasteiger partial charge in [0.25, 0.3) is 0 Å². The molecule has 0 saturated carbocycles. The molecule has 0 aliphatic heterocycles. The average molecular weight is 266 g/mol. The van der Waals surface area contributed by atoms with Crippen LogP contribution in [0.1, 0.15) is 0 Å². The van der Waals surface area contributed by atoms with Gasteiger partial charge in [0.1, 0.15) is 12.1 Å². The van der Waals surface area contributed by atoms with Gasteiger partial charge in [-0.2, -0.15) is 0 Å². The van der Waals surface area contributed by atoms with E-state index in [-0.39, 0.29) is 5.82 Å². The second-order valence-electron chi connectivity index (χ2n) is 3.20. The topological polar surface area (TPSA) is 30.2 Å². The molecule has 0 bridgehead atoms. The monoisotopic (exact) mass is 265 g/mol. The highest BCUT2D eigenvalue weighted by molar-refractivity contribution is 9.10. The summed E-state index contributed by atoms with van der Waals surface area (Å²) < 4.78 is 15.5. The van der Waals surface area contributed by atoms with Crippen molar-refractivity contribution < 1.29 is 4.39 Å². The summed E-state index contributed by atoms with van der Waals surface area (Å²) >= 11 is 3.22. The molecule has 5 heteroatoms. The van der Waals surface area contributed by atoms with Crippen LogP contribution in [0.5, 0.6) is 0 Å². The van der Waals surface area contributed by atoms with Crippen LogP contribution in [-0.4, -0.2) is 14.6 Å². The van der Waals surface area contributed by atoms with E-state index in [0.717, 1.165) is 16.4 Å². The first-order chi connectivity index (χ1) is 7.27. The predicted octanol–water partition coefficient (Wildman–Crippen LogP) is 2.78. The largest absolute Gasteiger partial charge is 0.289 e. The molecule has 0 fully saturated rings. The van der Waals surface area contributed by atoms with E-state index in [9.17, 15) is 4.39 Å². The lowest BCUT2D eigenvalue weighted by molar-refractivity contribution is 0.623. The first-order valence-corrected chi connectivity index (χ1v) is 5.13. The maximum Gasteiger partial charge on any atom is 0.168 e. The molecule has 2 aromatic heterocycles. The Hall–Kier alpha value is -1.49. The van der Waals surface area contributed by atoms with Gasteiger partial charge in [0.05, 0.1) is 4.47 Å². The Balaban J connectivity index is 2.60. The number of aromatic nitrogens is 3. The average Bonchev–Trinajstić information content (AvgIpc) is 2.71. The summed E-state index contributed by atoms with van der Waals surface area (Å²) in [6.07, 6.45) is 3.42. The van der Waals surface area contributed by atoms with Crippen molar-refractivity contribution in [2.75, 3.05) is 0 Å². The zero-order valence-corrected chi connectivity index (χ0v) is 9.07. The summed E-state index contributed by atoms with van der Waals surface area (Å²) in [4.78, 5) is 0. The van der Waals surface area contributed by atoms with Crippen LogP contribution in [0.15, 0.2) is 35.2 Å². The maximum atomic E-state index is 13.3. The summed E-state index contributed by atoms with van der Waals surface area (Å²) in [5, 5.41) is 9.47. The lowest BCUT2D eigenvalue weighted by Crippen LogP contribution is -1.87. The number of hydrogen-bond donors (Lipinski definition) is 0. The molecule has 0 radical (unpaired) electrons. The summed E-state index contributed by atoms with van der Waals surface area (Å²) in [6, 6.07) is 4.96. The molecule has 3 nitrogen and oxygen atoms in total. The Morgan fingerprint density at radius 1 is 1.20 bits per heavy atom. The molecule has 0 saturated heterocycles. The zero-order valence-electron chi connectivity index (χ0n) is 7.48. The Labute approximate surface area is 92.7 Å². The fraction of sp³-hybridized carbons (Fsp3) is 0. The van der Waals surface area contributed by atoms with Crippen LogP contribution in [0.3, 0.4) is 0 Å². The molecule has 74 valence electrons. The number of halogens is 2. The Bertz CT molecular complexity index is 662. The molecule has 0 amide bonds. The molecule has 15 heavy (non-hydrogen) atoms. The van der Waals surface area contributed by atoms with Crippen LogP contribution in [0.2, 0.25) is 0 Å². The fourth-order valence-electron chi connectivity index (χ4n) is 1.62. The minimum absolute atomic E-state index is 0.272. The maximum absolute atomic E-state index is 13.3. The van der Waals surface area contributed by atoms with Crippen LogP contribution in [-0.2, 0) is 0 Å². The van der Waals surface area contributed by atoms with Crippen LogP contribution >= 0.6 is 15.9 Å². The van der Waals surface area contributed by atoms with Crippen molar-refractivity contribution in [3.63, 3.8) is 0 Å². The van der Waals surface area contributed by atoms with Gasteiger partial charge in [-0.1, -0.05) is 0 Å². The van der Waals surface area contributed by atoms with E-state index in [1.165, 1.54) is 6.07 Å². The van der Waals surface area contributed by atoms with Gasteiger partial charge >= 0.3 is 0 Å². The molecule has 3 rings (SSSR count). The molecule has 0 unspecified atom stereocenters. The molecule has 1 aromatic carbocycles. The van der Waals surface area contributed by atoms with Crippen molar-refractivity contribution in [2.45, 2.75) is 0 Å². The third-order valence-corrected chi connectivity index (χ3v) is 3.15. The summed E-state index contributed by atoms with van der Waals surface area (Å²) in [6.45, 7) is 0. The van der Waals surface area contributed by atoms with E-state index in [2.05, 4.69) is 26.1 Å². The van der Waals surface area contributed by atoms with Crippen molar-refractivity contribution >= 4 is 32.3 Å². The highest BCUT2D eigenvalue weighted by Gasteiger charge is 2.08. The van der Waals surface area contributed by atoms with E-state index in [4.69, 9.17) is 0 Å². The molecule has 2 heterocycles. The number of pyridine rings is 1. The van der Waals surface area contributed by atoms with E-state index >= 15 is 0 Å². The molecule has 0 aliphatic rings. The third kappa shape index (κ3) is 1.16. The standard InChI is InChI=1S/C10H5BrFN3/c11-9-6-3-4-15-5-13-14-10(15)7(6)1-2-8(9)12/h1-5H. The minimum Gasteiger partial charge on any atom is -0.289 e. The van der Waals surface area contributed by atoms with Crippen molar-refractivity contribution in [1.29, 1.82) is 0 Å². The number of rotatable bonds is 0. The predicted molar refractivity (Wildman–Crippen MR) is 58.2 cm³/mol. The van der Waals surface area contributed by atoms with Gasteiger partial charge in [-0.05, 0) is 34.1 Å². The molecule has 0 atom stereocenters. The number of nitrogens with zero attached hydrogens (tertiary/aromatic N) is 3. The Kier molecular flexibility index (Phi) is 1.76. The quantitative estimate of drug-likeness (QED) is 0.626. The molecule has 3 aromatic rings. The van der Waals surface area contributed by atoms with Gasteiger partial charge in [-0.3, -0.25) is 4.40 Å². The number of benzene rings is 1. The number of hydrogen-bond acceptors (Lipinski definition) is 2. The summed E-state index contributed by atoms with van der Waals surface area (Å²) in [5.41, 5.74) is 0.730.